The molecule has 0 bridgehead atoms. The maximum Gasteiger partial charge on any atom is 0.310 e. The lowest BCUT2D eigenvalue weighted by molar-refractivity contribution is -0.145. The molecule has 68 valence electrons. The van der Waals surface area contributed by atoms with Crippen molar-refractivity contribution in [3.05, 3.63) is 0 Å². The molecule has 0 spiro atoms. The Bertz CT molecular complexity index is 181. The summed E-state index contributed by atoms with van der Waals surface area (Å²) in [4.78, 5) is 11.3. The Morgan fingerprint density at radius 2 is 2.50 bits per heavy atom. The first-order valence-corrected chi connectivity index (χ1v) is 4.74. The maximum absolute atomic E-state index is 11.3. The van der Waals surface area contributed by atoms with Crippen LogP contribution in [0.2, 0.25) is 0 Å². The molecular weight excluding hydrogens is 154 g/mol. The van der Waals surface area contributed by atoms with Crippen LogP contribution >= 0.6 is 0 Å². The molecule has 1 heterocycles. The van der Waals surface area contributed by atoms with Crippen LogP contribution in [0, 0.1) is 11.8 Å². The Morgan fingerprint density at radius 1 is 1.67 bits per heavy atom. The van der Waals surface area contributed by atoms with Crippen molar-refractivity contribution in [3.63, 3.8) is 0 Å². The van der Waals surface area contributed by atoms with E-state index in [1.54, 1.807) is 0 Å². The average Bonchev–Trinajstić information content (AvgIpc) is 2.78. The van der Waals surface area contributed by atoms with Crippen molar-refractivity contribution in [1.29, 1.82) is 0 Å². The van der Waals surface area contributed by atoms with E-state index >= 15 is 0 Å². The van der Waals surface area contributed by atoms with E-state index in [1.165, 1.54) is 12.8 Å². The lowest BCUT2D eigenvalue weighted by atomic mass is 10.1. The van der Waals surface area contributed by atoms with Gasteiger partial charge in [0, 0.05) is 6.04 Å². The molecule has 0 aromatic rings. The number of carbonyl (C=O) groups excluding carboxylic acids is 1. The summed E-state index contributed by atoms with van der Waals surface area (Å²) in [7, 11) is 0. The van der Waals surface area contributed by atoms with Gasteiger partial charge in [-0.25, -0.2) is 0 Å². The summed E-state index contributed by atoms with van der Waals surface area (Å²) >= 11 is 0. The lowest BCUT2D eigenvalue weighted by Crippen LogP contribution is -2.25. The van der Waals surface area contributed by atoms with Crippen molar-refractivity contribution in [1.82, 2.24) is 5.32 Å². The second-order valence-corrected chi connectivity index (χ2v) is 3.56. The predicted octanol–water partition coefficient (Wildman–Crippen LogP) is 0.547. The van der Waals surface area contributed by atoms with Crippen molar-refractivity contribution in [3.8, 4) is 0 Å². The van der Waals surface area contributed by atoms with Gasteiger partial charge in [-0.3, -0.25) is 4.79 Å². The molecule has 1 saturated heterocycles. The van der Waals surface area contributed by atoms with Gasteiger partial charge in [-0.05, 0) is 32.2 Å². The third kappa shape index (κ3) is 1.22. The SMILES string of the molecule is CCOC(=O)[C@@H]1[C@H]2CCCN[C@H]21. The fourth-order valence-electron chi connectivity index (χ4n) is 2.18. The molecule has 12 heavy (non-hydrogen) atoms. The van der Waals surface area contributed by atoms with Gasteiger partial charge in [-0.1, -0.05) is 0 Å². The van der Waals surface area contributed by atoms with Gasteiger partial charge in [0.15, 0.2) is 0 Å². The molecule has 2 fully saturated rings. The minimum atomic E-state index is 0.00176. The molecule has 0 amide bonds. The summed E-state index contributed by atoms with van der Waals surface area (Å²) in [6.07, 6.45) is 2.40. The number of esters is 1. The van der Waals surface area contributed by atoms with Crippen LogP contribution in [-0.4, -0.2) is 25.2 Å². The van der Waals surface area contributed by atoms with E-state index in [9.17, 15) is 4.79 Å². The second kappa shape index (κ2) is 3.05. The number of nitrogens with one attached hydrogen (secondary N) is 1. The Morgan fingerprint density at radius 3 is 3.08 bits per heavy atom. The Balaban J connectivity index is 1.87. The fourth-order valence-corrected chi connectivity index (χ4v) is 2.18. The molecule has 3 nitrogen and oxygen atoms in total. The molecule has 0 aromatic carbocycles. The topological polar surface area (TPSA) is 38.3 Å². The minimum absolute atomic E-state index is 0.00176. The zero-order valence-electron chi connectivity index (χ0n) is 7.38. The van der Waals surface area contributed by atoms with Crippen LogP contribution < -0.4 is 5.32 Å². The lowest BCUT2D eigenvalue weighted by Gasteiger charge is -2.07. The van der Waals surface area contributed by atoms with E-state index in [1.807, 2.05) is 6.92 Å². The van der Waals surface area contributed by atoms with E-state index in [4.69, 9.17) is 4.74 Å². The Hall–Kier alpha value is -0.570. The van der Waals surface area contributed by atoms with Crippen LogP contribution in [0.1, 0.15) is 19.8 Å². The van der Waals surface area contributed by atoms with Crippen molar-refractivity contribution >= 4 is 5.97 Å². The zero-order valence-corrected chi connectivity index (χ0v) is 7.38. The molecule has 2 rings (SSSR count). The summed E-state index contributed by atoms with van der Waals surface area (Å²) in [5, 5.41) is 3.34. The van der Waals surface area contributed by atoms with Crippen LogP contribution in [0.3, 0.4) is 0 Å². The normalized spacial score (nSPS) is 38.6. The van der Waals surface area contributed by atoms with Crippen molar-refractivity contribution < 1.29 is 9.53 Å². The van der Waals surface area contributed by atoms with Crippen molar-refractivity contribution in [2.75, 3.05) is 13.2 Å². The first-order valence-electron chi connectivity index (χ1n) is 4.74. The van der Waals surface area contributed by atoms with Gasteiger partial charge in [0.1, 0.15) is 0 Å². The molecule has 0 unspecified atom stereocenters. The van der Waals surface area contributed by atoms with E-state index in [2.05, 4.69) is 5.32 Å². The van der Waals surface area contributed by atoms with Crippen LogP contribution in [0.4, 0.5) is 0 Å². The molecule has 2 aliphatic rings. The van der Waals surface area contributed by atoms with E-state index in [0.29, 0.717) is 18.6 Å². The van der Waals surface area contributed by atoms with Crippen LogP contribution in [0.5, 0.6) is 0 Å². The molecule has 1 aliphatic heterocycles. The molecule has 1 aliphatic carbocycles. The maximum atomic E-state index is 11.3. The van der Waals surface area contributed by atoms with Crippen LogP contribution in [0.25, 0.3) is 0 Å². The number of carbonyl (C=O) groups is 1. The van der Waals surface area contributed by atoms with Gasteiger partial charge in [-0.15, -0.1) is 0 Å². The number of ether oxygens (including phenoxy) is 1. The Kier molecular flexibility index (Phi) is 2.05. The largest absolute Gasteiger partial charge is 0.466 e. The molecular formula is C9H15NO2. The number of rotatable bonds is 2. The summed E-state index contributed by atoms with van der Waals surface area (Å²) in [5.74, 6) is 0.757. The molecule has 0 radical (unpaired) electrons. The summed E-state index contributed by atoms with van der Waals surface area (Å²) in [6, 6.07) is 0.442. The highest BCUT2D eigenvalue weighted by Crippen LogP contribution is 2.45. The summed E-state index contributed by atoms with van der Waals surface area (Å²) in [5.41, 5.74) is 0. The standard InChI is InChI=1S/C9H15NO2/c1-2-12-9(11)7-6-4-3-5-10-8(6)7/h6-8,10H,2-5H2,1H3/t6-,7-,8-/m1/s1. The number of fused-ring (bicyclic) bond motifs is 1. The van der Waals surface area contributed by atoms with Gasteiger partial charge in [0.2, 0.25) is 0 Å². The average molecular weight is 169 g/mol. The van der Waals surface area contributed by atoms with Crippen LogP contribution in [-0.2, 0) is 9.53 Å². The highest BCUT2D eigenvalue weighted by Gasteiger charge is 2.56. The molecule has 3 atom stereocenters. The minimum Gasteiger partial charge on any atom is -0.466 e. The zero-order chi connectivity index (χ0) is 8.55. The quantitative estimate of drug-likeness (QED) is 0.613. The number of hydrogen-bond acceptors (Lipinski definition) is 3. The number of piperidine rings is 1. The highest BCUT2D eigenvalue weighted by molar-refractivity contribution is 5.77. The summed E-state index contributed by atoms with van der Waals surface area (Å²) < 4.78 is 4.98. The first-order chi connectivity index (χ1) is 5.84. The smallest absolute Gasteiger partial charge is 0.310 e. The van der Waals surface area contributed by atoms with Crippen LogP contribution in [0.15, 0.2) is 0 Å². The van der Waals surface area contributed by atoms with Gasteiger partial charge < -0.3 is 10.1 Å². The van der Waals surface area contributed by atoms with Gasteiger partial charge in [-0.2, -0.15) is 0 Å². The summed E-state index contributed by atoms with van der Waals surface area (Å²) in [6.45, 7) is 3.43. The van der Waals surface area contributed by atoms with Gasteiger partial charge in [0.25, 0.3) is 0 Å². The van der Waals surface area contributed by atoms with E-state index in [-0.39, 0.29) is 11.9 Å². The first kappa shape index (κ1) is 8.05. The fraction of sp³-hybridized carbons (Fsp3) is 0.889. The third-order valence-electron chi connectivity index (χ3n) is 2.82. The molecule has 0 aromatic heterocycles. The molecule has 1 saturated carbocycles. The van der Waals surface area contributed by atoms with E-state index < -0.39 is 0 Å². The monoisotopic (exact) mass is 169 g/mol. The highest BCUT2D eigenvalue weighted by atomic mass is 16.5. The van der Waals surface area contributed by atoms with Gasteiger partial charge >= 0.3 is 5.97 Å². The third-order valence-corrected chi connectivity index (χ3v) is 2.82. The van der Waals surface area contributed by atoms with Crippen molar-refractivity contribution in [2.24, 2.45) is 11.8 Å². The number of hydrogen-bond donors (Lipinski definition) is 1. The van der Waals surface area contributed by atoms with E-state index in [0.717, 1.165) is 6.54 Å². The molecule has 3 heteroatoms. The molecule has 1 N–H and O–H groups in total. The Labute approximate surface area is 72.5 Å². The second-order valence-electron chi connectivity index (χ2n) is 3.56. The van der Waals surface area contributed by atoms with Crippen molar-refractivity contribution in [2.45, 2.75) is 25.8 Å². The predicted molar refractivity (Wildman–Crippen MR) is 44.6 cm³/mol. The van der Waals surface area contributed by atoms with Gasteiger partial charge in [0.05, 0.1) is 12.5 Å².